The quantitative estimate of drug-likeness (QED) is 0.906. The Kier molecular flexibility index (Phi) is 3.93. The number of hydrogen-bond acceptors (Lipinski definition) is 3. The molecule has 0 radical (unpaired) electrons. The number of aryl methyl sites for hydroxylation is 1. The molecule has 2 aromatic heterocycles. The molecule has 84 valence electrons. The van der Waals surface area contributed by atoms with Gasteiger partial charge in [-0.15, -0.1) is 0 Å². The van der Waals surface area contributed by atoms with E-state index in [0.29, 0.717) is 5.02 Å². The summed E-state index contributed by atoms with van der Waals surface area (Å²) in [6, 6.07) is 5.68. The first-order chi connectivity index (χ1) is 7.77. The molecule has 0 fully saturated rings. The summed E-state index contributed by atoms with van der Waals surface area (Å²) in [7, 11) is 0. The summed E-state index contributed by atoms with van der Waals surface area (Å²) in [5.74, 6) is 0. The zero-order chi connectivity index (χ0) is 11.4. The zero-order valence-electron chi connectivity index (χ0n) is 8.77. The second-order valence-corrected chi connectivity index (χ2v) is 4.83. The molecule has 0 amide bonds. The maximum Gasteiger partial charge on any atom is 0.0756 e. The van der Waals surface area contributed by atoms with Gasteiger partial charge in [-0.1, -0.05) is 11.6 Å². The molecule has 0 aromatic carbocycles. The predicted molar refractivity (Wildman–Crippen MR) is 68.8 cm³/mol. The van der Waals surface area contributed by atoms with Crippen molar-refractivity contribution in [2.24, 2.45) is 5.73 Å². The minimum atomic E-state index is -0.0893. The second-order valence-electron chi connectivity index (χ2n) is 3.65. The van der Waals surface area contributed by atoms with Crippen molar-refractivity contribution in [3.63, 3.8) is 0 Å². The van der Waals surface area contributed by atoms with Crippen LogP contribution >= 0.6 is 22.9 Å². The fourth-order valence-electron chi connectivity index (χ4n) is 1.56. The minimum absolute atomic E-state index is 0.0893. The number of aromatic nitrogens is 1. The fourth-order valence-corrected chi connectivity index (χ4v) is 2.53. The highest BCUT2D eigenvalue weighted by atomic mass is 35.5. The van der Waals surface area contributed by atoms with Crippen LogP contribution in [0.15, 0.2) is 35.2 Å². The molecule has 1 atom stereocenters. The third-order valence-electron chi connectivity index (χ3n) is 2.46. The molecule has 0 spiro atoms. The Morgan fingerprint density at radius 3 is 3.00 bits per heavy atom. The van der Waals surface area contributed by atoms with Crippen molar-refractivity contribution in [1.82, 2.24) is 4.98 Å². The van der Waals surface area contributed by atoms with E-state index in [4.69, 9.17) is 17.3 Å². The molecule has 16 heavy (non-hydrogen) atoms. The Labute approximate surface area is 104 Å². The molecule has 0 saturated carbocycles. The number of pyridine rings is 1. The van der Waals surface area contributed by atoms with Crippen LogP contribution in [-0.4, -0.2) is 4.98 Å². The van der Waals surface area contributed by atoms with Crippen molar-refractivity contribution in [1.29, 1.82) is 0 Å². The van der Waals surface area contributed by atoms with Gasteiger partial charge >= 0.3 is 0 Å². The van der Waals surface area contributed by atoms with Crippen LogP contribution in [0.3, 0.4) is 0 Å². The van der Waals surface area contributed by atoms with E-state index in [9.17, 15) is 0 Å². The van der Waals surface area contributed by atoms with Crippen molar-refractivity contribution in [3.8, 4) is 0 Å². The highest BCUT2D eigenvalue weighted by Gasteiger charge is 2.11. The van der Waals surface area contributed by atoms with Gasteiger partial charge in [-0.25, -0.2) is 0 Å². The predicted octanol–water partition coefficient (Wildman–Crippen LogP) is 3.43. The summed E-state index contributed by atoms with van der Waals surface area (Å²) in [5.41, 5.74) is 8.19. The first kappa shape index (κ1) is 11.6. The van der Waals surface area contributed by atoms with E-state index >= 15 is 0 Å². The molecular weight excluding hydrogens is 240 g/mol. The van der Waals surface area contributed by atoms with Gasteiger partial charge in [0.05, 0.1) is 10.7 Å². The van der Waals surface area contributed by atoms with Gasteiger partial charge < -0.3 is 5.73 Å². The lowest BCUT2D eigenvalue weighted by Crippen LogP contribution is -2.13. The minimum Gasteiger partial charge on any atom is -0.323 e. The SMILES string of the molecule is NC(CCc1ccsc1)c1ncccc1Cl. The number of hydrogen-bond donors (Lipinski definition) is 1. The lowest BCUT2D eigenvalue weighted by atomic mass is 10.1. The van der Waals surface area contributed by atoms with Crippen LogP contribution in [-0.2, 0) is 6.42 Å². The molecule has 0 aliphatic heterocycles. The van der Waals surface area contributed by atoms with Gasteiger partial charge in [0.2, 0.25) is 0 Å². The standard InChI is InChI=1S/C12H13ClN2S/c13-10-2-1-6-15-12(10)11(14)4-3-9-5-7-16-8-9/h1-2,5-8,11H,3-4,14H2. The average molecular weight is 253 g/mol. The average Bonchev–Trinajstić information content (AvgIpc) is 2.79. The maximum atomic E-state index is 6.07. The molecule has 0 saturated heterocycles. The van der Waals surface area contributed by atoms with Gasteiger partial charge in [-0.05, 0) is 47.4 Å². The molecule has 2 rings (SSSR count). The molecule has 2 aromatic rings. The summed E-state index contributed by atoms with van der Waals surface area (Å²) >= 11 is 7.75. The number of nitrogens with zero attached hydrogens (tertiary/aromatic N) is 1. The Morgan fingerprint density at radius 1 is 1.44 bits per heavy atom. The van der Waals surface area contributed by atoms with E-state index in [2.05, 4.69) is 21.8 Å². The van der Waals surface area contributed by atoms with Crippen LogP contribution in [0.2, 0.25) is 5.02 Å². The summed E-state index contributed by atoms with van der Waals surface area (Å²) in [6.45, 7) is 0. The molecule has 0 aliphatic rings. The van der Waals surface area contributed by atoms with Gasteiger partial charge in [0.15, 0.2) is 0 Å². The van der Waals surface area contributed by atoms with E-state index in [1.54, 1.807) is 17.5 Å². The lowest BCUT2D eigenvalue weighted by Gasteiger charge is -2.11. The van der Waals surface area contributed by atoms with E-state index in [1.165, 1.54) is 5.56 Å². The monoisotopic (exact) mass is 252 g/mol. The normalized spacial score (nSPS) is 12.6. The highest BCUT2D eigenvalue weighted by molar-refractivity contribution is 7.07. The Hall–Kier alpha value is -0.900. The summed E-state index contributed by atoms with van der Waals surface area (Å²) in [6.07, 6.45) is 3.57. The van der Waals surface area contributed by atoms with Crippen LogP contribution in [0.25, 0.3) is 0 Å². The number of nitrogens with two attached hydrogens (primary N) is 1. The summed E-state index contributed by atoms with van der Waals surface area (Å²) in [5, 5.41) is 4.88. The van der Waals surface area contributed by atoms with Crippen LogP contribution in [0.1, 0.15) is 23.7 Å². The van der Waals surface area contributed by atoms with Crippen LogP contribution in [0, 0.1) is 0 Å². The fraction of sp³-hybridized carbons (Fsp3) is 0.250. The Balaban J connectivity index is 1.98. The summed E-state index contributed by atoms with van der Waals surface area (Å²) < 4.78 is 0. The van der Waals surface area contributed by atoms with E-state index in [-0.39, 0.29) is 6.04 Å². The first-order valence-electron chi connectivity index (χ1n) is 5.14. The second kappa shape index (κ2) is 5.43. The molecule has 2 heterocycles. The molecule has 0 aliphatic carbocycles. The highest BCUT2D eigenvalue weighted by Crippen LogP contribution is 2.22. The van der Waals surface area contributed by atoms with Gasteiger partial charge in [-0.3, -0.25) is 4.98 Å². The molecular formula is C12H13ClN2S. The third kappa shape index (κ3) is 2.82. The topological polar surface area (TPSA) is 38.9 Å². The summed E-state index contributed by atoms with van der Waals surface area (Å²) in [4.78, 5) is 4.22. The van der Waals surface area contributed by atoms with Crippen molar-refractivity contribution in [2.45, 2.75) is 18.9 Å². The number of rotatable bonds is 4. The lowest BCUT2D eigenvalue weighted by molar-refractivity contribution is 0.634. The molecule has 0 bridgehead atoms. The largest absolute Gasteiger partial charge is 0.323 e. The van der Waals surface area contributed by atoms with Crippen molar-refractivity contribution < 1.29 is 0 Å². The van der Waals surface area contributed by atoms with Crippen LogP contribution in [0.4, 0.5) is 0 Å². The van der Waals surface area contributed by atoms with Gasteiger partial charge in [0, 0.05) is 12.2 Å². The maximum absolute atomic E-state index is 6.07. The molecule has 4 heteroatoms. The van der Waals surface area contributed by atoms with E-state index in [0.717, 1.165) is 18.5 Å². The molecule has 1 unspecified atom stereocenters. The first-order valence-corrected chi connectivity index (χ1v) is 6.46. The van der Waals surface area contributed by atoms with Crippen LogP contribution < -0.4 is 5.73 Å². The van der Waals surface area contributed by atoms with Gasteiger partial charge in [0.1, 0.15) is 0 Å². The third-order valence-corrected chi connectivity index (χ3v) is 3.51. The van der Waals surface area contributed by atoms with Crippen molar-refractivity contribution in [3.05, 3.63) is 51.4 Å². The van der Waals surface area contributed by atoms with Gasteiger partial charge in [0.25, 0.3) is 0 Å². The van der Waals surface area contributed by atoms with Crippen molar-refractivity contribution in [2.75, 3.05) is 0 Å². The Bertz CT molecular complexity index is 442. The molecule has 2 N–H and O–H groups in total. The van der Waals surface area contributed by atoms with Crippen molar-refractivity contribution >= 4 is 22.9 Å². The van der Waals surface area contributed by atoms with E-state index < -0.39 is 0 Å². The zero-order valence-corrected chi connectivity index (χ0v) is 10.3. The van der Waals surface area contributed by atoms with Gasteiger partial charge in [-0.2, -0.15) is 11.3 Å². The number of thiophene rings is 1. The van der Waals surface area contributed by atoms with E-state index in [1.807, 2.05) is 12.1 Å². The Morgan fingerprint density at radius 2 is 2.31 bits per heavy atom. The molecule has 2 nitrogen and oxygen atoms in total. The smallest absolute Gasteiger partial charge is 0.0756 e. The number of halogens is 1. The van der Waals surface area contributed by atoms with Crippen LogP contribution in [0.5, 0.6) is 0 Å².